The van der Waals surface area contributed by atoms with E-state index >= 15 is 4.57 Å². The lowest BCUT2D eigenvalue weighted by Gasteiger charge is -2.38. The van der Waals surface area contributed by atoms with Gasteiger partial charge in [-0.3, -0.25) is 24.3 Å². The Morgan fingerprint density at radius 3 is 1.84 bits per heavy atom. The predicted octanol–water partition coefficient (Wildman–Crippen LogP) is 2.31. The third-order valence-electron chi connectivity index (χ3n) is 12.0. The van der Waals surface area contributed by atoms with Crippen molar-refractivity contribution in [2.24, 2.45) is 0 Å². The number of hydrogen-bond donors (Lipinski definition) is 7. The zero-order valence-electron chi connectivity index (χ0n) is 41.5. The third kappa shape index (κ3) is 18.1. The normalized spacial score (nSPS) is 17.7. The molecule has 75 heavy (non-hydrogen) atoms. The van der Waals surface area contributed by atoms with Gasteiger partial charge in [-0.05, 0) is 67.3 Å². The second-order valence-corrected chi connectivity index (χ2v) is 20.4. The van der Waals surface area contributed by atoms with E-state index < -0.39 is 61.4 Å². The molecule has 21 heteroatoms. The van der Waals surface area contributed by atoms with Crippen LogP contribution in [0.3, 0.4) is 0 Å². The summed E-state index contributed by atoms with van der Waals surface area (Å²) in [6.07, 6.45) is -4.87. The average molecular weight is 1060 g/mol. The lowest BCUT2D eigenvalue weighted by molar-refractivity contribution is -0.288. The van der Waals surface area contributed by atoms with Crippen LogP contribution in [0.5, 0.6) is 0 Å². The van der Waals surface area contributed by atoms with E-state index in [1.807, 2.05) is 12.1 Å². The van der Waals surface area contributed by atoms with Gasteiger partial charge < -0.3 is 64.6 Å². The summed E-state index contributed by atoms with van der Waals surface area (Å²) in [6, 6.07) is 31.5. The molecule has 3 amide bonds. The fraction of sp³-hybridized carbons (Fsp3) is 0.407. The van der Waals surface area contributed by atoms with Gasteiger partial charge in [-0.1, -0.05) is 72.8 Å². The van der Waals surface area contributed by atoms with Crippen molar-refractivity contribution in [2.75, 3.05) is 79.0 Å². The number of aromatic nitrogens is 1. The largest absolute Gasteiger partial charge is 0.387 e. The molecule has 4 aromatic carbocycles. The van der Waals surface area contributed by atoms with E-state index in [-0.39, 0.29) is 48.6 Å². The van der Waals surface area contributed by atoms with Crippen LogP contribution in [0.2, 0.25) is 0 Å². The molecule has 2 heterocycles. The second kappa shape index (κ2) is 30.6. The van der Waals surface area contributed by atoms with Crippen molar-refractivity contribution in [3.8, 4) is 0 Å². The molecule has 5 atom stereocenters. The Hall–Kier alpha value is -5.87. The molecule has 0 bridgehead atoms. The van der Waals surface area contributed by atoms with Gasteiger partial charge >= 0.3 is 0 Å². The first kappa shape index (κ1) is 58.4. The van der Waals surface area contributed by atoms with E-state index in [2.05, 4.69) is 25.8 Å². The summed E-state index contributed by atoms with van der Waals surface area (Å²) >= 11 is 0. The number of halogens is 2. The molecule has 404 valence electrons. The number of aliphatic hydroxyl groups is 4. The highest BCUT2D eigenvalue weighted by atomic mass is 31.2. The number of nitrogens with zero attached hydrogens (tertiary/aromatic N) is 2. The van der Waals surface area contributed by atoms with E-state index in [9.17, 15) is 43.6 Å². The number of carbonyl (C=O) groups is 3. The van der Waals surface area contributed by atoms with Crippen LogP contribution in [-0.2, 0) is 46.1 Å². The molecule has 6 rings (SSSR count). The summed E-state index contributed by atoms with van der Waals surface area (Å²) in [5, 5.41) is 48.6. The highest BCUT2D eigenvalue weighted by Crippen LogP contribution is 2.43. The van der Waals surface area contributed by atoms with Gasteiger partial charge in [-0.25, -0.2) is 8.78 Å². The monoisotopic (exact) mass is 1060 g/mol. The molecule has 7 N–H and O–H groups in total. The number of nitrogens with one attached hydrogen (secondary N) is 3. The van der Waals surface area contributed by atoms with Crippen molar-refractivity contribution >= 4 is 40.8 Å². The van der Waals surface area contributed by atoms with Gasteiger partial charge in [0.25, 0.3) is 11.8 Å². The van der Waals surface area contributed by atoms with Crippen molar-refractivity contribution in [2.45, 2.75) is 63.1 Å². The van der Waals surface area contributed by atoms with Gasteiger partial charge in [0.1, 0.15) is 42.7 Å². The van der Waals surface area contributed by atoms with Crippen LogP contribution in [-0.4, -0.2) is 158 Å². The summed E-state index contributed by atoms with van der Waals surface area (Å²) in [7, 11) is -3.74. The number of amides is 3. The maximum atomic E-state index is 15.7. The minimum atomic E-state index is -3.74. The number of benzene rings is 4. The summed E-state index contributed by atoms with van der Waals surface area (Å²) in [5.74, 6) is -2.09. The van der Waals surface area contributed by atoms with Crippen LogP contribution < -0.4 is 31.9 Å². The van der Waals surface area contributed by atoms with Crippen LogP contribution in [0, 0.1) is 11.6 Å². The first-order chi connectivity index (χ1) is 36.3. The predicted molar refractivity (Wildman–Crippen MR) is 274 cm³/mol. The van der Waals surface area contributed by atoms with Gasteiger partial charge in [-0.15, -0.1) is 0 Å². The standard InChI is InChI=1S/C54H66F2N5O13P/c55-40-17-14-38(15-18-40)34-61(35-42-20-19-41(56)33-60-42)25-7-22-59-53(67)45-21-16-39(32-47(45)75(69,43-10-3-1-4-11-43)44-12-5-2-6-13-44)52(66)58-24-9-27-71-29-31-72-30-28-70-26-8-23-57-48(62)37-73-36-46-49(63)50(64)51(65)54(68)74-46/h1-6,10-21,32-33,46,49-51,54,63-65,68H,7-9,22-31,34-37H2,(H,57,62)(H,58,66)(H,59,67)/t46?,49-,50+,51?,54-/m1/s1. The molecule has 1 aromatic heterocycles. The summed E-state index contributed by atoms with van der Waals surface area (Å²) in [6.45, 7) is 3.60. The van der Waals surface area contributed by atoms with Crippen molar-refractivity contribution in [3.63, 3.8) is 0 Å². The molecular formula is C54H66F2N5O13P. The van der Waals surface area contributed by atoms with Gasteiger partial charge in [0.05, 0.1) is 50.5 Å². The van der Waals surface area contributed by atoms with Gasteiger partial charge in [0.2, 0.25) is 5.91 Å². The van der Waals surface area contributed by atoms with E-state index in [1.165, 1.54) is 30.3 Å². The SMILES string of the molecule is O=C(COCC1O[C@@H](O)C(O)[C@@H](O)[C@@H]1O)NCCCOCCOCCOCCCNC(=O)c1ccc(C(=O)NCCCN(Cc2ccc(F)cc2)Cc2ccc(F)cn2)c(P(=O)(c2ccccc2)c2ccccc2)c1. The Bertz CT molecular complexity index is 2480. The number of hydrogen-bond acceptors (Lipinski definition) is 15. The second-order valence-electron chi connectivity index (χ2n) is 17.6. The highest BCUT2D eigenvalue weighted by molar-refractivity contribution is 7.85. The minimum absolute atomic E-state index is 0.161. The molecule has 0 aliphatic carbocycles. The zero-order chi connectivity index (χ0) is 53.4. The Morgan fingerprint density at radius 2 is 1.21 bits per heavy atom. The van der Waals surface area contributed by atoms with E-state index in [0.29, 0.717) is 101 Å². The summed E-state index contributed by atoms with van der Waals surface area (Å²) < 4.78 is 70.0. The number of ether oxygens (including phenoxy) is 5. The first-order valence-corrected chi connectivity index (χ1v) is 26.5. The van der Waals surface area contributed by atoms with Crippen LogP contribution in [0.4, 0.5) is 8.78 Å². The molecule has 18 nitrogen and oxygen atoms in total. The third-order valence-corrected chi connectivity index (χ3v) is 15.1. The van der Waals surface area contributed by atoms with E-state index in [1.54, 1.807) is 72.8 Å². The van der Waals surface area contributed by atoms with Crippen LogP contribution in [0.25, 0.3) is 0 Å². The van der Waals surface area contributed by atoms with Gasteiger partial charge in [0.15, 0.2) is 13.4 Å². The molecule has 0 radical (unpaired) electrons. The average Bonchev–Trinajstić information content (AvgIpc) is 3.43. The number of aliphatic hydroxyl groups excluding tert-OH is 4. The van der Waals surface area contributed by atoms with Crippen molar-refractivity contribution < 1.29 is 71.8 Å². The van der Waals surface area contributed by atoms with Crippen molar-refractivity contribution in [1.82, 2.24) is 25.8 Å². The first-order valence-electron chi connectivity index (χ1n) is 24.8. The Kier molecular flexibility index (Phi) is 23.8. The van der Waals surface area contributed by atoms with Gasteiger partial charge in [0, 0.05) is 74.0 Å². The Balaban J connectivity index is 0.927. The summed E-state index contributed by atoms with van der Waals surface area (Å²) in [4.78, 5) is 46.1. The van der Waals surface area contributed by atoms with Crippen LogP contribution in [0.15, 0.2) is 121 Å². The minimum Gasteiger partial charge on any atom is -0.387 e. The molecule has 0 spiro atoms. The smallest absolute Gasteiger partial charge is 0.252 e. The van der Waals surface area contributed by atoms with Gasteiger partial charge in [-0.2, -0.15) is 0 Å². The van der Waals surface area contributed by atoms with Crippen LogP contribution >= 0.6 is 7.14 Å². The molecule has 1 aliphatic rings. The molecule has 0 saturated carbocycles. The Morgan fingerprint density at radius 1 is 0.627 bits per heavy atom. The quantitative estimate of drug-likeness (QED) is 0.0249. The van der Waals surface area contributed by atoms with Crippen molar-refractivity contribution in [1.29, 1.82) is 0 Å². The fourth-order valence-electron chi connectivity index (χ4n) is 8.03. The molecule has 1 fully saturated rings. The number of rotatable bonds is 31. The maximum Gasteiger partial charge on any atom is 0.252 e. The topological polar surface area (TPSA) is 248 Å². The zero-order valence-corrected chi connectivity index (χ0v) is 42.4. The molecule has 1 aliphatic heterocycles. The maximum absolute atomic E-state index is 15.7. The fourth-order valence-corrected chi connectivity index (χ4v) is 10.9. The molecular weight excluding hydrogens is 996 g/mol. The molecule has 2 unspecified atom stereocenters. The van der Waals surface area contributed by atoms with E-state index in [0.717, 1.165) is 11.8 Å². The van der Waals surface area contributed by atoms with Crippen molar-refractivity contribution in [3.05, 3.63) is 155 Å². The van der Waals surface area contributed by atoms with E-state index in [4.69, 9.17) is 23.7 Å². The lowest BCUT2D eigenvalue weighted by Crippen LogP contribution is -2.58. The lowest BCUT2D eigenvalue weighted by atomic mass is 9.99. The summed E-state index contributed by atoms with van der Waals surface area (Å²) in [5.41, 5.74) is 1.90. The number of pyridine rings is 1. The molecule has 5 aromatic rings. The van der Waals surface area contributed by atoms with Crippen LogP contribution in [0.1, 0.15) is 51.2 Å². The highest BCUT2D eigenvalue weighted by Gasteiger charge is 2.43. The number of carbonyl (C=O) groups excluding carboxylic acids is 3. The molecule has 1 saturated heterocycles. The Labute approximate surface area is 434 Å².